The second kappa shape index (κ2) is 6.01. The molecule has 0 atom stereocenters. The number of hydrogen-bond donors (Lipinski definition) is 1. The van der Waals surface area contributed by atoms with Gasteiger partial charge in [0.15, 0.2) is 0 Å². The van der Waals surface area contributed by atoms with E-state index in [1.165, 1.54) is 37.7 Å². The molecule has 2 N–H and O–H groups in total. The van der Waals surface area contributed by atoms with Gasteiger partial charge in [0.25, 0.3) is 0 Å². The lowest BCUT2D eigenvalue weighted by Crippen LogP contribution is -2.28. The maximum Gasteiger partial charge on any atom is 0.129 e. The highest BCUT2D eigenvalue weighted by Gasteiger charge is 2.11. The van der Waals surface area contributed by atoms with Gasteiger partial charge in [0.1, 0.15) is 5.82 Å². The summed E-state index contributed by atoms with van der Waals surface area (Å²) in [6.07, 6.45) is 6.67. The fraction of sp³-hybridized carbons (Fsp3) is 0.643. The van der Waals surface area contributed by atoms with Gasteiger partial charge in [0.05, 0.1) is 0 Å². The number of pyridine rings is 1. The maximum atomic E-state index is 5.73. The number of rotatable bonds is 2. The standard InChI is InChI=1S/C14H23N3/c1-12-9-13(11-15)10-14(16-12)17-7-5-3-2-4-6-8-17/h9-10H,2-8,11,15H2,1H3. The number of aromatic nitrogens is 1. The van der Waals surface area contributed by atoms with Crippen molar-refractivity contribution in [2.75, 3.05) is 18.0 Å². The van der Waals surface area contributed by atoms with Crippen LogP contribution in [0.5, 0.6) is 0 Å². The van der Waals surface area contributed by atoms with Gasteiger partial charge in [-0.2, -0.15) is 0 Å². The zero-order valence-corrected chi connectivity index (χ0v) is 10.8. The minimum Gasteiger partial charge on any atom is -0.357 e. The van der Waals surface area contributed by atoms with Crippen LogP contribution < -0.4 is 10.6 Å². The lowest BCUT2D eigenvalue weighted by molar-refractivity contribution is 0.553. The average molecular weight is 233 g/mol. The number of anilines is 1. The zero-order chi connectivity index (χ0) is 12.1. The predicted molar refractivity (Wildman–Crippen MR) is 72.2 cm³/mol. The Morgan fingerprint density at radius 1 is 1.12 bits per heavy atom. The summed E-state index contributed by atoms with van der Waals surface area (Å²) in [6, 6.07) is 4.22. The van der Waals surface area contributed by atoms with Gasteiger partial charge in [-0.15, -0.1) is 0 Å². The molecule has 1 saturated heterocycles. The molecule has 94 valence electrons. The van der Waals surface area contributed by atoms with Crippen LogP contribution in [0.25, 0.3) is 0 Å². The van der Waals surface area contributed by atoms with Gasteiger partial charge in [0, 0.05) is 25.3 Å². The normalized spacial score (nSPS) is 17.6. The molecule has 1 fully saturated rings. The summed E-state index contributed by atoms with van der Waals surface area (Å²) in [5.74, 6) is 1.12. The maximum absolute atomic E-state index is 5.73. The van der Waals surface area contributed by atoms with Crippen LogP contribution in [0.4, 0.5) is 5.82 Å². The van der Waals surface area contributed by atoms with Crippen LogP contribution in [0.1, 0.15) is 43.4 Å². The van der Waals surface area contributed by atoms with Crippen molar-refractivity contribution < 1.29 is 0 Å². The molecular formula is C14H23N3. The van der Waals surface area contributed by atoms with Gasteiger partial charge >= 0.3 is 0 Å². The van der Waals surface area contributed by atoms with E-state index in [0.717, 1.165) is 24.6 Å². The van der Waals surface area contributed by atoms with E-state index in [2.05, 4.69) is 22.0 Å². The van der Waals surface area contributed by atoms with E-state index in [1.807, 2.05) is 6.92 Å². The second-order valence-corrected chi connectivity index (χ2v) is 4.93. The number of hydrogen-bond acceptors (Lipinski definition) is 3. The molecule has 3 heteroatoms. The topological polar surface area (TPSA) is 42.1 Å². The first-order chi connectivity index (χ1) is 8.29. The first kappa shape index (κ1) is 12.4. The van der Waals surface area contributed by atoms with E-state index < -0.39 is 0 Å². The molecule has 17 heavy (non-hydrogen) atoms. The van der Waals surface area contributed by atoms with Crippen LogP contribution >= 0.6 is 0 Å². The smallest absolute Gasteiger partial charge is 0.129 e. The van der Waals surface area contributed by atoms with Crippen molar-refractivity contribution in [1.29, 1.82) is 0 Å². The molecule has 0 unspecified atom stereocenters. The molecule has 2 rings (SSSR count). The van der Waals surface area contributed by atoms with Crippen LogP contribution in [-0.2, 0) is 6.54 Å². The Bertz CT molecular complexity index is 354. The molecule has 0 aliphatic carbocycles. The molecule has 3 nitrogen and oxygen atoms in total. The lowest BCUT2D eigenvalue weighted by atomic mass is 10.1. The highest BCUT2D eigenvalue weighted by atomic mass is 15.2. The molecule has 2 heterocycles. The summed E-state index contributed by atoms with van der Waals surface area (Å²) >= 11 is 0. The highest BCUT2D eigenvalue weighted by molar-refractivity contribution is 5.42. The minimum atomic E-state index is 0.601. The van der Waals surface area contributed by atoms with Gasteiger partial charge in [-0.05, 0) is 37.5 Å². The Morgan fingerprint density at radius 2 is 1.76 bits per heavy atom. The van der Waals surface area contributed by atoms with Crippen molar-refractivity contribution in [1.82, 2.24) is 4.98 Å². The highest BCUT2D eigenvalue weighted by Crippen LogP contribution is 2.19. The minimum absolute atomic E-state index is 0.601. The molecule has 0 aromatic carbocycles. The van der Waals surface area contributed by atoms with E-state index in [9.17, 15) is 0 Å². The Kier molecular flexibility index (Phi) is 4.37. The van der Waals surface area contributed by atoms with Crippen molar-refractivity contribution in [3.05, 3.63) is 23.4 Å². The third-order valence-electron chi connectivity index (χ3n) is 3.42. The number of nitrogens with two attached hydrogens (primary N) is 1. The van der Waals surface area contributed by atoms with Crippen molar-refractivity contribution in [2.45, 2.75) is 45.6 Å². The lowest BCUT2D eigenvalue weighted by Gasteiger charge is -2.26. The van der Waals surface area contributed by atoms with Gasteiger partial charge in [-0.25, -0.2) is 4.98 Å². The Balaban J connectivity index is 2.15. The van der Waals surface area contributed by atoms with Crippen molar-refractivity contribution >= 4 is 5.82 Å². The average Bonchev–Trinajstić information content (AvgIpc) is 2.27. The monoisotopic (exact) mass is 233 g/mol. The quantitative estimate of drug-likeness (QED) is 0.854. The number of nitrogens with zero attached hydrogens (tertiary/aromatic N) is 2. The summed E-state index contributed by atoms with van der Waals surface area (Å²) in [5.41, 5.74) is 7.99. The first-order valence-electron chi connectivity index (χ1n) is 6.72. The van der Waals surface area contributed by atoms with E-state index in [-0.39, 0.29) is 0 Å². The predicted octanol–water partition coefficient (Wildman–Crippen LogP) is 2.62. The molecule has 1 aliphatic rings. The summed E-state index contributed by atoms with van der Waals surface area (Å²) < 4.78 is 0. The number of aryl methyl sites for hydroxylation is 1. The molecular weight excluding hydrogens is 210 g/mol. The molecule has 1 aromatic heterocycles. The largest absolute Gasteiger partial charge is 0.357 e. The van der Waals surface area contributed by atoms with Gasteiger partial charge in [-0.1, -0.05) is 19.3 Å². The van der Waals surface area contributed by atoms with Gasteiger partial charge in [0.2, 0.25) is 0 Å². The van der Waals surface area contributed by atoms with E-state index >= 15 is 0 Å². The summed E-state index contributed by atoms with van der Waals surface area (Å²) in [6.45, 7) is 4.93. The third kappa shape index (κ3) is 3.43. The Labute approximate surface area is 104 Å². The van der Waals surface area contributed by atoms with Crippen LogP contribution in [0.15, 0.2) is 12.1 Å². The van der Waals surface area contributed by atoms with Crippen LogP contribution in [-0.4, -0.2) is 18.1 Å². The van der Waals surface area contributed by atoms with Crippen molar-refractivity contribution in [3.8, 4) is 0 Å². The molecule has 0 spiro atoms. The SMILES string of the molecule is Cc1cc(CN)cc(N2CCCCCCC2)n1. The molecule has 0 radical (unpaired) electrons. The van der Waals surface area contributed by atoms with Crippen molar-refractivity contribution in [3.63, 3.8) is 0 Å². The summed E-state index contributed by atoms with van der Waals surface area (Å²) in [7, 11) is 0. The molecule has 1 aliphatic heterocycles. The van der Waals surface area contributed by atoms with E-state index in [4.69, 9.17) is 5.73 Å². The van der Waals surface area contributed by atoms with Gasteiger partial charge < -0.3 is 10.6 Å². The fourth-order valence-corrected chi connectivity index (χ4v) is 2.48. The molecule has 0 bridgehead atoms. The fourth-order valence-electron chi connectivity index (χ4n) is 2.48. The molecule has 0 amide bonds. The Hall–Kier alpha value is -1.09. The molecule has 1 aromatic rings. The van der Waals surface area contributed by atoms with E-state index in [0.29, 0.717) is 6.54 Å². The van der Waals surface area contributed by atoms with E-state index in [1.54, 1.807) is 0 Å². The summed E-state index contributed by atoms with van der Waals surface area (Å²) in [5, 5.41) is 0. The van der Waals surface area contributed by atoms with Gasteiger partial charge in [-0.3, -0.25) is 0 Å². The van der Waals surface area contributed by atoms with Crippen LogP contribution in [0.3, 0.4) is 0 Å². The van der Waals surface area contributed by atoms with Crippen LogP contribution in [0, 0.1) is 6.92 Å². The van der Waals surface area contributed by atoms with Crippen LogP contribution in [0.2, 0.25) is 0 Å². The third-order valence-corrected chi connectivity index (χ3v) is 3.42. The second-order valence-electron chi connectivity index (χ2n) is 4.93. The van der Waals surface area contributed by atoms with Crippen molar-refractivity contribution in [2.24, 2.45) is 5.73 Å². The zero-order valence-electron chi connectivity index (χ0n) is 10.8. The molecule has 0 saturated carbocycles. The Morgan fingerprint density at radius 3 is 2.41 bits per heavy atom. The first-order valence-corrected chi connectivity index (χ1v) is 6.72. The summed E-state index contributed by atoms with van der Waals surface area (Å²) in [4.78, 5) is 7.07.